The molecule has 0 unspecified atom stereocenters. The number of hydrogen-bond donors (Lipinski definition) is 1. The van der Waals surface area contributed by atoms with Crippen LogP contribution >= 0.6 is 0 Å². The monoisotopic (exact) mass is 321 g/mol. The molecule has 0 bridgehead atoms. The Balaban J connectivity index is 1.55. The summed E-state index contributed by atoms with van der Waals surface area (Å²) >= 11 is 0. The maximum Gasteiger partial charge on any atom is 0.0995 e. The summed E-state index contributed by atoms with van der Waals surface area (Å²) < 4.78 is 0. The fourth-order valence-electron chi connectivity index (χ4n) is 3.22. The van der Waals surface area contributed by atoms with Crippen LogP contribution in [-0.4, -0.2) is 41.1 Å². The molecular formula is C20H23N3O. The van der Waals surface area contributed by atoms with Gasteiger partial charge in [0.1, 0.15) is 0 Å². The highest BCUT2D eigenvalue weighted by Gasteiger charge is 2.18. The molecule has 124 valence electrons. The third-order valence-corrected chi connectivity index (χ3v) is 4.68. The van der Waals surface area contributed by atoms with Crippen LogP contribution in [0.25, 0.3) is 0 Å². The Hall–Kier alpha value is -2.19. The predicted molar refractivity (Wildman–Crippen MR) is 94.1 cm³/mol. The van der Waals surface area contributed by atoms with Gasteiger partial charge in [0.2, 0.25) is 0 Å². The lowest BCUT2D eigenvalue weighted by atomic mass is 10.1. The highest BCUT2D eigenvalue weighted by atomic mass is 16.3. The van der Waals surface area contributed by atoms with Gasteiger partial charge in [0.15, 0.2) is 0 Å². The number of nitriles is 1. The fraction of sp³-hybridized carbons (Fsp3) is 0.350. The number of aliphatic hydroxyl groups is 1. The number of aliphatic hydroxyl groups excluding tert-OH is 1. The molecule has 4 heteroatoms. The first-order valence-electron chi connectivity index (χ1n) is 8.40. The number of rotatable bonds is 5. The predicted octanol–water partition coefficient (Wildman–Crippen LogP) is 2.37. The topological polar surface area (TPSA) is 50.5 Å². The molecule has 1 heterocycles. The van der Waals surface area contributed by atoms with E-state index in [0.717, 1.165) is 56.0 Å². The second-order valence-corrected chi connectivity index (χ2v) is 6.25. The Morgan fingerprint density at radius 2 is 1.29 bits per heavy atom. The standard InChI is InChI=1S/C20H23N3O/c21-13-17-5-1-2-6-18(17)14-22-9-11-23(12-10-22)15-19-7-3-4-8-20(19)16-24/h1-8,24H,9-12,14-16H2. The van der Waals surface area contributed by atoms with Gasteiger partial charge in [-0.05, 0) is 22.8 Å². The van der Waals surface area contributed by atoms with Crippen molar-refractivity contribution in [1.29, 1.82) is 5.26 Å². The van der Waals surface area contributed by atoms with Gasteiger partial charge < -0.3 is 5.11 Å². The molecule has 0 radical (unpaired) electrons. The number of hydrogen-bond acceptors (Lipinski definition) is 4. The van der Waals surface area contributed by atoms with Crippen LogP contribution in [0.5, 0.6) is 0 Å². The summed E-state index contributed by atoms with van der Waals surface area (Å²) in [6.07, 6.45) is 0. The molecule has 4 nitrogen and oxygen atoms in total. The first-order chi connectivity index (χ1) is 11.8. The third-order valence-electron chi connectivity index (χ3n) is 4.68. The van der Waals surface area contributed by atoms with Crippen molar-refractivity contribution in [2.24, 2.45) is 0 Å². The maximum absolute atomic E-state index is 9.45. The largest absolute Gasteiger partial charge is 0.392 e. The minimum absolute atomic E-state index is 0.0983. The fourth-order valence-corrected chi connectivity index (χ4v) is 3.22. The van der Waals surface area contributed by atoms with E-state index in [0.29, 0.717) is 0 Å². The Kier molecular flexibility index (Phi) is 5.60. The lowest BCUT2D eigenvalue weighted by molar-refractivity contribution is 0.121. The van der Waals surface area contributed by atoms with Crippen molar-refractivity contribution in [3.63, 3.8) is 0 Å². The minimum Gasteiger partial charge on any atom is -0.392 e. The molecule has 2 aromatic rings. The van der Waals surface area contributed by atoms with Crippen LogP contribution in [0.15, 0.2) is 48.5 Å². The molecule has 0 spiro atoms. The molecule has 1 aliphatic rings. The van der Waals surface area contributed by atoms with Gasteiger partial charge in [0.25, 0.3) is 0 Å². The highest BCUT2D eigenvalue weighted by Crippen LogP contribution is 2.16. The van der Waals surface area contributed by atoms with Gasteiger partial charge in [-0.25, -0.2) is 0 Å². The number of piperazine rings is 1. The van der Waals surface area contributed by atoms with Crippen LogP contribution in [-0.2, 0) is 19.7 Å². The highest BCUT2D eigenvalue weighted by molar-refractivity contribution is 5.37. The Labute approximate surface area is 143 Å². The van der Waals surface area contributed by atoms with Crippen molar-refractivity contribution in [3.05, 3.63) is 70.8 Å². The van der Waals surface area contributed by atoms with Crippen molar-refractivity contribution in [3.8, 4) is 6.07 Å². The normalized spacial score (nSPS) is 16.0. The zero-order valence-electron chi connectivity index (χ0n) is 13.9. The third kappa shape index (κ3) is 4.01. The van der Waals surface area contributed by atoms with Crippen LogP contribution < -0.4 is 0 Å². The van der Waals surface area contributed by atoms with Gasteiger partial charge in [0.05, 0.1) is 18.2 Å². The van der Waals surface area contributed by atoms with E-state index in [9.17, 15) is 10.4 Å². The average Bonchev–Trinajstić information content (AvgIpc) is 2.64. The van der Waals surface area contributed by atoms with Gasteiger partial charge in [0, 0.05) is 39.3 Å². The van der Waals surface area contributed by atoms with E-state index in [1.54, 1.807) is 0 Å². The van der Waals surface area contributed by atoms with Gasteiger partial charge in [-0.1, -0.05) is 42.5 Å². The Bertz CT molecular complexity index is 715. The molecule has 2 aromatic carbocycles. The van der Waals surface area contributed by atoms with Crippen molar-refractivity contribution >= 4 is 0 Å². The summed E-state index contributed by atoms with van der Waals surface area (Å²) in [6, 6.07) is 18.2. The van der Waals surface area contributed by atoms with E-state index < -0.39 is 0 Å². The molecule has 1 N–H and O–H groups in total. The van der Waals surface area contributed by atoms with Crippen LogP contribution in [0, 0.1) is 11.3 Å². The van der Waals surface area contributed by atoms with Gasteiger partial charge in [-0.3, -0.25) is 9.80 Å². The van der Waals surface area contributed by atoms with E-state index >= 15 is 0 Å². The lowest BCUT2D eigenvalue weighted by Crippen LogP contribution is -2.45. The van der Waals surface area contributed by atoms with Crippen molar-refractivity contribution < 1.29 is 5.11 Å². The molecule has 0 aromatic heterocycles. The summed E-state index contributed by atoms with van der Waals surface area (Å²) in [5.41, 5.74) is 4.11. The first-order valence-corrected chi connectivity index (χ1v) is 8.40. The van der Waals surface area contributed by atoms with E-state index in [2.05, 4.69) is 21.9 Å². The molecule has 1 saturated heterocycles. The molecule has 0 atom stereocenters. The van der Waals surface area contributed by atoms with Crippen LogP contribution in [0.2, 0.25) is 0 Å². The smallest absolute Gasteiger partial charge is 0.0995 e. The molecule has 1 aliphatic heterocycles. The summed E-state index contributed by atoms with van der Waals surface area (Å²) in [4.78, 5) is 4.84. The summed E-state index contributed by atoms with van der Waals surface area (Å²) in [5, 5.41) is 18.7. The molecule has 0 amide bonds. The molecule has 0 aliphatic carbocycles. The number of benzene rings is 2. The zero-order valence-corrected chi connectivity index (χ0v) is 13.9. The van der Waals surface area contributed by atoms with Crippen LogP contribution in [0.1, 0.15) is 22.3 Å². The van der Waals surface area contributed by atoms with Crippen molar-refractivity contribution in [1.82, 2.24) is 9.80 Å². The van der Waals surface area contributed by atoms with Gasteiger partial charge in [-0.15, -0.1) is 0 Å². The molecule has 0 saturated carbocycles. The van der Waals surface area contributed by atoms with Crippen LogP contribution in [0.4, 0.5) is 0 Å². The Morgan fingerprint density at radius 1 is 0.792 bits per heavy atom. The number of nitrogens with zero attached hydrogens (tertiary/aromatic N) is 3. The van der Waals surface area contributed by atoms with Crippen LogP contribution in [0.3, 0.4) is 0 Å². The maximum atomic E-state index is 9.45. The molecular weight excluding hydrogens is 298 g/mol. The molecule has 3 rings (SSSR count). The lowest BCUT2D eigenvalue weighted by Gasteiger charge is -2.35. The average molecular weight is 321 g/mol. The zero-order chi connectivity index (χ0) is 16.8. The first kappa shape index (κ1) is 16.7. The minimum atomic E-state index is 0.0983. The second-order valence-electron chi connectivity index (χ2n) is 6.25. The van der Waals surface area contributed by atoms with Gasteiger partial charge in [-0.2, -0.15) is 5.26 Å². The van der Waals surface area contributed by atoms with E-state index in [-0.39, 0.29) is 6.61 Å². The Morgan fingerprint density at radius 3 is 1.88 bits per heavy atom. The molecule has 24 heavy (non-hydrogen) atoms. The van der Waals surface area contributed by atoms with E-state index in [1.165, 1.54) is 5.56 Å². The van der Waals surface area contributed by atoms with Crippen molar-refractivity contribution in [2.45, 2.75) is 19.7 Å². The van der Waals surface area contributed by atoms with Gasteiger partial charge >= 0.3 is 0 Å². The SMILES string of the molecule is N#Cc1ccccc1CN1CCN(Cc2ccccc2CO)CC1. The quantitative estimate of drug-likeness (QED) is 0.918. The molecule has 1 fully saturated rings. The van der Waals surface area contributed by atoms with E-state index in [1.807, 2.05) is 42.5 Å². The summed E-state index contributed by atoms with van der Waals surface area (Å²) in [5.74, 6) is 0. The van der Waals surface area contributed by atoms with Crippen molar-refractivity contribution in [2.75, 3.05) is 26.2 Å². The second kappa shape index (κ2) is 8.07. The van der Waals surface area contributed by atoms with E-state index in [4.69, 9.17) is 0 Å². The summed E-state index contributed by atoms with van der Waals surface area (Å²) in [7, 11) is 0. The summed E-state index contributed by atoms with van der Waals surface area (Å²) in [6.45, 7) is 5.84.